The van der Waals surface area contributed by atoms with Gasteiger partial charge in [0.15, 0.2) is 0 Å². The van der Waals surface area contributed by atoms with Crippen molar-refractivity contribution in [2.75, 3.05) is 6.67 Å². The van der Waals surface area contributed by atoms with Crippen LogP contribution in [-0.4, -0.2) is 16.9 Å². The second kappa shape index (κ2) is 10.8. The molecule has 1 nitrogen and oxygen atoms in total. The largest absolute Gasteiger partial charge is 0.364 e. The van der Waals surface area contributed by atoms with E-state index in [-0.39, 0.29) is 16.2 Å². The average Bonchev–Trinajstić information content (AvgIpc) is 3.15. The van der Waals surface area contributed by atoms with Crippen LogP contribution < -0.4 is 0 Å². The number of alkyl halides is 2. The molecule has 0 heterocycles. The van der Waals surface area contributed by atoms with Gasteiger partial charge in [0.1, 0.15) is 4.11 Å². The second-order valence-corrected chi connectivity index (χ2v) is 14.4. The monoisotopic (exact) mass is 572 g/mol. The predicted octanol–water partition coefficient (Wildman–Crippen LogP) is 9.53. The molecule has 0 aliphatic heterocycles. The molecule has 4 rings (SSSR count). The fourth-order valence-corrected chi connectivity index (χ4v) is 9.53. The van der Waals surface area contributed by atoms with Crippen molar-refractivity contribution in [3.8, 4) is 0 Å². The minimum absolute atomic E-state index is 0.146. The fraction of sp³-hybridized carbons (Fsp3) is 0.933. The maximum absolute atomic E-state index is 15.0. The topological polar surface area (TPSA) is 9.23 Å². The molecule has 0 aromatic heterocycles. The molecule has 190 valence electrons. The van der Waals surface area contributed by atoms with Crippen LogP contribution in [0.4, 0.5) is 4.39 Å². The zero-order valence-corrected chi connectivity index (χ0v) is 24.2. The van der Waals surface area contributed by atoms with Gasteiger partial charge < -0.3 is 4.74 Å². The highest BCUT2D eigenvalue weighted by molar-refractivity contribution is 14.1. The number of rotatable bonds is 9. The first-order valence-electron chi connectivity index (χ1n) is 14.3. The van der Waals surface area contributed by atoms with E-state index in [0.717, 1.165) is 49.4 Å². The smallest absolute Gasteiger partial charge is 0.108 e. The molecular formula is C30H50FIO. The Morgan fingerprint density at radius 3 is 2.58 bits per heavy atom. The SMILES string of the molecule is CCC(I)O[C@H]1CC[C@@]2(CF)C(=CC[C@@H]3[C@@H]2CC[C@]2(C)[C@@H]([C@H](C)CCCC(C)C)CC[C@@H]32)C1. The molecule has 4 aliphatic carbocycles. The highest BCUT2D eigenvalue weighted by atomic mass is 127. The Hall–Kier alpha value is 0.360. The van der Waals surface area contributed by atoms with Crippen molar-refractivity contribution < 1.29 is 9.13 Å². The van der Waals surface area contributed by atoms with Crippen molar-refractivity contribution in [3.63, 3.8) is 0 Å². The Morgan fingerprint density at radius 2 is 1.88 bits per heavy atom. The Balaban J connectivity index is 1.48. The Labute approximate surface area is 217 Å². The molecule has 0 saturated heterocycles. The molecule has 3 saturated carbocycles. The first-order valence-corrected chi connectivity index (χ1v) is 15.5. The Bertz CT molecular complexity index is 691. The number of ether oxygens (including phenoxy) is 1. The zero-order valence-electron chi connectivity index (χ0n) is 22.1. The van der Waals surface area contributed by atoms with Crippen LogP contribution in [0.3, 0.4) is 0 Å². The number of hydrogen-bond acceptors (Lipinski definition) is 1. The molecule has 0 bridgehead atoms. The third-order valence-corrected chi connectivity index (χ3v) is 12.1. The third kappa shape index (κ3) is 4.98. The first-order chi connectivity index (χ1) is 15.7. The van der Waals surface area contributed by atoms with E-state index in [1.165, 1.54) is 56.9 Å². The summed E-state index contributed by atoms with van der Waals surface area (Å²) in [7, 11) is 0. The number of halogens is 2. The molecule has 0 spiro atoms. The summed E-state index contributed by atoms with van der Waals surface area (Å²) in [5.74, 6) is 4.63. The van der Waals surface area contributed by atoms with Gasteiger partial charge in [-0.15, -0.1) is 0 Å². The van der Waals surface area contributed by atoms with Gasteiger partial charge in [-0.05, 0) is 98.7 Å². The summed E-state index contributed by atoms with van der Waals surface area (Å²) in [4.78, 5) is 0. The van der Waals surface area contributed by atoms with Crippen LogP contribution in [0.1, 0.15) is 112 Å². The van der Waals surface area contributed by atoms with Crippen molar-refractivity contribution >= 4 is 22.6 Å². The number of hydrogen-bond donors (Lipinski definition) is 0. The van der Waals surface area contributed by atoms with E-state index in [2.05, 4.69) is 63.3 Å². The van der Waals surface area contributed by atoms with E-state index < -0.39 is 0 Å². The molecule has 0 radical (unpaired) electrons. The summed E-state index contributed by atoms with van der Waals surface area (Å²) >= 11 is 2.42. The molecule has 9 atom stereocenters. The predicted molar refractivity (Wildman–Crippen MR) is 146 cm³/mol. The zero-order chi connectivity index (χ0) is 23.8. The highest BCUT2D eigenvalue weighted by Crippen LogP contribution is 2.67. The minimum atomic E-state index is -0.169. The third-order valence-electron chi connectivity index (χ3n) is 10.9. The number of fused-ring (bicyclic) bond motifs is 5. The Kier molecular flexibility index (Phi) is 8.62. The van der Waals surface area contributed by atoms with E-state index in [9.17, 15) is 4.39 Å². The van der Waals surface area contributed by atoms with Crippen molar-refractivity contribution in [3.05, 3.63) is 11.6 Å². The molecule has 0 aromatic carbocycles. The van der Waals surface area contributed by atoms with Crippen molar-refractivity contribution in [1.82, 2.24) is 0 Å². The fourth-order valence-electron chi connectivity index (χ4n) is 9.12. The van der Waals surface area contributed by atoms with Crippen LogP contribution in [-0.2, 0) is 4.74 Å². The van der Waals surface area contributed by atoms with E-state index in [4.69, 9.17) is 4.74 Å². The maximum atomic E-state index is 15.0. The summed E-state index contributed by atoms with van der Waals surface area (Å²) in [5.41, 5.74) is 1.75. The lowest BCUT2D eigenvalue weighted by Gasteiger charge is -2.58. The van der Waals surface area contributed by atoms with E-state index >= 15 is 0 Å². The van der Waals surface area contributed by atoms with E-state index in [1.54, 1.807) is 0 Å². The van der Waals surface area contributed by atoms with Gasteiger partial charge in [0, 0.05) is 5.41 Å². The van der Waals surface area contributed by atoms with E-state index in [0.29, 0.717) is 23.4 Å². The lowest BCUT2D eigenvalue weighted by atomic mass is 9.46. The molecule has 4 aliphatic rings. The van der Waals surface area contributed by atoms with Crippen LogP contribution in [0.15, 0.2) is 11.6 Å². The van der Waals surface area contributed by atoms with Crippen LogP contribution in [0, 0.1) is 46.3 Å². The molecule has 0 N–H and O–H groups in total. The van der Waals surface area contributed by atoms with Gasteiger partial charge in [-0.3, -0.25) is 4.39 Å². The summed E-state index contributed by atoms with van der Waals surface area (Å²) in [5, 5.41) is 0. The van der Waals surface area contributed by atoms with Gasteiger partial charge in [-0.25, -0.2) is 0 Å². The summed E-state index contributed by atoms with van der Waals surface area (Å²) in [6.07, 6.45) is 17.6. The standard InChI is InChI=1S/C30H50FIO/c1-6-28(32)33-23-14-17-30(19-31)22(18-23)10-11-24-26-13-12-25(21(4)9-7-8-20(2)3)29(26,5)16-15-27(24)30/h10,20-21,23-28H,6-9,11-19H2,1-5H3/t21-,23+,24+,25-,26+,27+,28?,29-,30-/m1/s1. The number of allylic oxidation sites excluding steroid dienone is 1. The Morgan fingerprint density at radius 1 is 1.09 bits per heavy atom. The second-order valence-electron chi connectivity index (χ2n) is 13.0. The summed E-state index contributed by atoms with van der Waals surface area (Å²) in [6, 6.07) is 0. The molecule has 3 heteroatoms. The molecule has 3 fully saturated rings. The van der Waals surface area contributed by atoms with Crippen molar-refractivity contribution in [2.24, 2.45) is 46.3 Å². The van der Waals surface area contributed by atoms with Gasteiger partial charge in [0.25, 0.3) is 0 Å². The van der Waals surface area contributed by atoms with Crippen LogP contribution in [0.25, 0.3) is 0 Å². The van der Waals surface area contributed by atoms with Gasteiger partial charge in [-0.1, -0.05) is 88.1 Å². The molecule has 1 unspecified atom stereocenters. The van der Waals surface area contributed by atoms with Crippen LogP contribution in [0.2, 0.25) is 0 Å². The molecule has 33 heavy (non-hydrogen) atoms. The molecular weight excluding hydrogens is 522 g/mol. The highest BCUT2D eigenvalue weighted by Gasteiger charge is 2.60. The van der Waals surface area contributed by atoms with E-state index in [1.807, 2.05) is 0 Å². The summed E-state index contributed by atoms with van der Waals surface area (Å²) in [6.45, 7) is 11.9. The van der Waals surface area contributed by atoms with Crippen molar-refractivity contribution in [2.45, 2.75) is 122 Å². The van der Waals surface area contributed by atoms with Crippen LogP contribution in [0.5, 0.6) is 0 Å². The normalized spacial score (nSPS) is 42.3. The van der Waals surface area contributed by atoms with Gasteiger partial charge >= 0.3 is 0 Å². The van der Waals surface area contributed by atoms with Crippen LogP contribution >= 0.6 is 22.6 Å². The summed E-state index contributed by atoms with van der Waals surface area (Å²) < 4.78 is 21.6. The van der Waals surface area contributed by atoms with Crippen molar-refractivity contribution in [1.29, 1.82) is 0 Å². The minimum Gasteiger partial charge on any atom is -0.364 e. The van der Waals surface area contributed by atoms with Gasteiger partial charge in [0.2, 0.25) is 0 Å². The molecule has 0 amide bonds. The lowest BCUT2D eigenvalue weighted by Crippen LogP contribution is -2.53. The first kappa shape index (κ1) is 26.4. The average molecular weight is 573 g/mol. The molecule has 0 aromatic rings. The maximum Gasteiger partial charge on any atom is 0.108 e. The van der Waals surface area contributed by atoms with Gasteiger partial charge in [0.05, 0.1) is 12.8 Å². The lowest BCUT2D eigenvalue weighted by molar-refractivity contribution is -0.0774. The quantitative estimate of drug-likeness (QED) is 0.152. The van der Waals surface area contributed by atoms with Gasteiger partial charge in [-0.2, -0.15) is 0 Å².